The molecule has 0 aliphatic carbocycles. The Balaban J connectivity index is 2.29. The maximum atomic E-state index is 13.1. The fourth-order valence-corrected chi connectivity index (χ4v) is 1.74. The third-order valence-corrected chi connectivity index (χ3v) is 2.65. The van der Waals surface area contributed by atoms with Crippen LogP contribution >= 0.6 is 0 Å². The average molecular weight is 245 g/mol. The van der Waals surface area contributed by atoms with E-state index in [0.29, 0.717) is 24.0 Å². The number of nitrogens with two attached hydrogens (primary N) is 1. The number of nitrogens with zero attached hydrogens (tertiary/aromatic N) is 2. The summed E-state index contributed by atoms with van der Waals surface area (Å²) in [4.78, 5) is 8.63. The molecule has 0 bridgehead atoms. The van der Waals surface area contributed by atoms with E-state index in [-0.39, 0.29) is 5.82 Å². The molecule has 0 saturated carbocycles. The van der Waals surface area contributed by atoms with Gasteiger partial charge in [-0.1, -0.05) is 26.0 Å². The molecule has 3 nitrogen and oxygen atoms in total. The van der Waals surface area contributed by atoms with Gasteiger partial charge in [0.25, 0.3) is 0 Å². The van der Waals surface area contributed by atoms with Crippen LogP contribution in [0.4, 0.5) is 10.2 Å². The number of nitrogen functional groups attached to an aromatic ring is 1. The van der Waals surface area contributed by atoms with Gasteiger partial charge in [0.1, 0.15) is 17.5 Å². The molecule has 94 valence electrons. The standard InChI is InChI=1S/C14H16FN3/c1-9(2)12-8-13(16)18-14(17-12)7-10-4-3-5-11(15)6-10/h3-6,8-9H,7H2,1-2H3,(H2,16,17,18). The number of rotatable bonds is 3. The first-order chi connectivity index (χ1) is 8.54. The largest absolute Gasteiger partial charge is 0.384 e. The van der Waals surface area contributed by atoms with Gasteiger partial charge in [-0.25, -0.2) is 14.4 Å². The van der Waals surface area contributed by atoms with E-state index in [1.807, 2.05) is 19.9 Å². The SMILES string of the molecule is CC(C)c1cc(N)nc(Cc2cccc(F)c2)n1. The van der Waals surface area contributed by atoms with Crippen molar-refractivity contribution in [1.29, 1.82) is 0 Å². The van der Waals surface area contributed by atoms with Gasteiger partial charge < -0.3 is 5.73 Å². The van der Waals surface area contributed by atoms with Crippen molar-refractivity contribution >= 4 is 5.82 Å². The number of benzene rings is 1. The molecule has 0 saturated heterocycles. The Labute approximate surface area is 106 Å². The second kappa shape index (κ2) is 5.12. The highest BCUT2D eigenvalue weighted by atomic mass is 19.1. The first-order valence-electron chi connectivity index (χ1n) is 5.92. The molecule has 0 amide bonds. The van der Waals surface area contributed by atoms with E-state index in [2.05, 4.69) is 9.97 Å². The highest BCUT2D eigenvalue weighted by Gasteiger charge is 2.07. The summed E-state index contributed by atoms with van der Waals surface area (Å²) in [5.74, 6) is 1.13. The summed E-state index contributed by atoms with van der Waals surface area (Å²) in [5, 5.41) is 0. The van der Waals surface area contributed by atoms with Gasteiger partial charge in [0.2, 0.25) is 0 Å². The van der Waals surface area contributed by atoms with Crippen molar-refractivity contribution in [2.45, 2.75) is 26.2 Å². The van der Waals surface area contributed by atoms with Gasteiger partial charge in [-0.3, -0.25) is 0 Å². The van der Waals surface area contributed by atoms with E-state index in [4.69, 9.17) is 5.73 Å². The summed E-state index contributed by atoms with van der Waals surface area (Å²) in [6.07, 6.45) is 0.489. The summed E-state index contributed by atoms with van der Waals surface area (Å²) in [6.45, 7) is 4.10. The zero-order valence-electron chi connectivity index (χ0n) is 10.5. The van der Waals surface area contributed by atoms with Crippen molar-refractivity contribution in [1.82, 2.24) is 9.97 Å². The van der Waals surface area contributed by atoms with Crippen LogP contribution in [0.5, 0.6) is 0 Å². The van der Waals surface area contributed by atoms with E-state index in [1.54, 1.807) is 12.1 Å². The van der Waals surface area contributed by atoms with Crippen LogP contribution in [-0.2, 0) is 6.42 Å². The molecule has 0 fully saturated rings. The molecule has 2 aromatic rings. The van der Waals surface area contributed by atoms with Crippen molar-refractivity contribution in [3.63, 3.8) is 0 Å². The Morgan fingerprint density at radius 2 is 2.00 bits per heavy atom. The summed E-state index contributed by atoms with van der Waals surface area (Å²) >= 11 is 0. The first-order valence-corrected chi connectivity index (χ1v) is 5.92. The number of aromatic nitrogens is 2. The molecule has 0 aliphatic heterocycles. The summed E-state index contributed by atoms with van der Waals surface area (Å²) < 4.78 is 13.1. The van der Waals surface area contributed by atoms with Crippen LogP contribution < -0.4 is 5.73 Å². The predicted molar refractivity (Wildman–Crippen MR) is 69.7 cm³/mol. The molecule has 2 N–H and O–H groups in total. The zero-order chi connectivity index (χ0) is 13.1. The maximum Gasteiger partial charge on any atom is 0.135 e. The minimum absolute atomic E-state index is 0.250. The molecule has 0 atom stereocenters. The molecule has 4 heteroatoms. The highest BCUT2D eigenvalue weighted by Crippen LogP contribution is 2.15. The number of hydrogen-bond acceptors (Lipinski definition) is 3. The Morgan fingerprint density at radius 3 is 2.67 bits per heavy atom. The smallest absolute Gasteiger partial charge is 0.135 e. The van der Waals surface area contributed by atoms with Crippen LogP contribution in [0.15, 0.2) is 30.3 Å². The number of halogens is 1. The Kier molecular flexibility index (Phi) is 3.55. The molecule has 18 heavy (non-hydrogen) atoms. The van der Waals surface area contributed by atoms with Gasteiger partial charge in [-0.05, 0) is 23.6 Å². The van der Waals surface area contributed by atoms with Crippen LogP contribution in [0.3, 0.4) is 0 Å². The molecule has 1 aromatic heterocycles. The van der Waals surface area contributed by atoms with Gasteiger partial charge in [0.05, 0.1) is 0 Å². The monoisotopic (exact) mass is 245 g/mol. The minimum Gasteiger partial charge on any atom is -0.384 e. The van der Waals surface area contributed by atoms with E-state index < -0.39 is 0 Å². The lowest BCUT2D eigenvalue weighted by atomic mass is 10.1. The summed E-state index contributed by atoms with van der Waals surface area (Å²) in [6, 6.07) is 8.22. The van der Waals surface area contributed by atoms with E-state index in [0.717, 1.165) is 11.3 Å². The minimum atomic E-state index is -0.250. The van der Waals surface area contributed by atoms with E-state index in [9.17, 15) is 4.39 Å². The number of hydrogen-bond donors (Lipinski definition) is 1. The fraction of sp³-hybridized carbons (Fsp3) is 0.286. The van der Waals surface area contributed by atoms with Crippen molar-refractivity contribution in [3.05, 3.63) is 53.2 Å². The normalized spacial score (nSPS) is 10.9. The molecule has 1 heterocycles. The second-order valence-electron chi connectivity index (χ2n) is 4.60. The first kappa shape index (κ1) is 12.5. The van der Waals surface area contributed by atoms with E-state index >= 15 is 0 Å². The molecular weight excluding hydrogens is 229 g/mol. The van der Waals surface area contributed by atoms with Gasteiger partial charge in [0.15, 0.2) is 0 Å². The van der Waals surface area contributed by atoms with E-state index in [1.165, 1.54) is 12.1 Å². The lowest BCUT2D eigenvalue weighted by molar-refractivity contribution is 0.625. The van der Waals surface area contributed by atoms with Crippen LogP contribution in [0.2, 0.25) is 0 Å². The van der Waals surface area contributed by atoms with Gasteiger partial charge in [-0.15, -0.1) is 0 Å². The van der Waals surface area contributed by atoms with Gasteiger partial charge in [-0.2, -0.15) is 0 Å². The van der Waals surface area contributed by atoms with Crippen LogP contribution in [0.25, 0.3) is 0 Å². The average Bonchev–Trinajstić information content (AvgIpc) is 2.28. The molecule has 2 rings (SSSR count). The van der Waals surface area contributed by atoms with Crippen molar-refractivity contribution in [2.75, 3.05) is 5.73 Å². The molecule has 0 unspecified atom stereocenters. The predicted octanol–water partition coefficient (Wildman–Crippen LogP) is 2.91. The van der Waals surface area contributed by atoms with Crippen LogP contribution in [0.1, 0.15) is 36.8 Å². The number of anilines is 1. The third-order valence-electron chi connectivity index (χ3n) is 2.65. The Morgan fingerprint density at radius 1 is 1.22 bits per heavy atom. The van der Waals surface area contributed by atoms with Crippen molar-refractivity contribution in [2.24, 2.45) is 0 Å². The highest BCUT2D eigenvalue weighted by molar-refractivity contribution is 5.32. The lowest BCUT2D eigenvalue weighted by Crippen LogP contribution is -2.05. The second-order valence-corrected chi connectivity index (χ2v) is 4.60. The third kappa shape index (κ3) is 3.03. The maximum absolute atomic E-state index is 13.1. The summed E-state index contributed by atoms with van der Waals surface area (Å²) in [7, 11) is 0. The van der Waals surface area contributed by atoms with Crippen molar-refractivity contribution < 1.29 is 4.39 Å². The topological polar surface area (TPSA) is 51.8 Å². The summed E-state index contributed by atoms with van der Waals surface area (Å²) in [5.41, 5.74) is 7.51. The quantitative estimate of drug-likeness (QED) is 0.904. The zero-order valence-corrected chi connectivity index (χ0v) is 10.5. The fourth-order valence-electron chi connectivity index (χ4n) is 1.74. The Hall–Kier alpha value is -1.97. The van der Waals surface area contributed by atoms with Gasteiger partial charge in [0, 0.05) is 18.2 Å². The van der Waals surface area contributed by atoms with Gasteiger partial charge >= 0.3 is 0 Å². The van der Waals surface area contributed by atoms with Crippen molar-refractivity contribution in [3.8, 4) is 0 Å². The molecule has 1 aromatic carbocycles. The van der Waals surface area contributed by atoms with Crippen LogP contribution in [-0.4, -0.2) is 9.97 Å². The molecule has 0 radical (unpaired) electrons. The lowest BCUT2D eigenvalue weighted by Gasteiger charge is -2.08. The Bertz CT molecular complexity index is 552. The molecular formula is C14H16FN3. The molecule has 0 spiro atoms. The molecule has 0 aliphatic rings. The van der Waals surface area contributed by atoms with Crippen LogP contribution in [0, 0.1) is 5.82 Å².